The molecule has 0 bridgehead atoms. The molecule has 14 heavy (non-hydrogen) atoms. The lowest BCUT2D eigenvalue weighted by molar-refractivity contribution is 0.0961. The molecular weight excluding hydrogens is 182 g/mol. The van der Waals surface area contributed by atoms with E-state index in [4.69, 9.17) is 0 Å². The van der Waals surface area contributed by atoms with Gasteiger partial charge in [-0.2, -0.15) is 4.80 Å². The summed E-state index contributed by atoms with van der Waals surface area (Å²) in [7, 11) is 0. The summed E-state index contributed by atoms with van der Waals surface area (Å²) in [5.41, 5.74) is 0.546. The molecule has 0 radical (unpaired) electrons. The van der Waals surface area contributed by atoms with Crippen molar-refractivity contribution in [2.24, 2.45) is 0 Å². The third kappa shape index (κ3) is 1.79. The Morgan fingerprint density at radius 2 is 2.43 bits per heavy atom. The van der Waals surface area contributed by atoms with E-state index in [9.17, 15) is 4.79 Å². The molecule has 6 nitrogen and oxygen atoms in total. The third-order valence-electron chi connectivity index (χ3n) is 1.66. The van der Waals surface area contributed by atoms with Gasteiger partial charge < -0.3 is 0 Å². The van der Waals surface area contributed by atoms with Gasteiger partial charge in [-0.3, -0.25) is 9.78 Å². The van der Waals surface area contributed by atoms with Gasteiger partial charge in [0.15, 0.2) is 12.1 Å². The maximum absolute atomic E-state index is 11.5. The highest BCUT2D eigenvalue weighted by molar-refractivity contribution is 5.95. The topological polar surface area (TPSA) is 73.6 Å². The van der Waals surface area contributed by atoms with Crippen molar-refractivity contribution in [3.8, 4) is 0 Å². The van der Waals surface area contributed by atoms with Gasteiger partial charge >= 0.3 is 0 Å². The number of pyridine rings is 1. The number of hydrogen-bond donors (Lipinski definition) is 0. The highest BCUT2D eigenvalue weighted by Gasteiger charge is 2.07. The molecule has 0 spiro atoms. The van der Waals surface area contributed by atoms with E-state index in [1.54, 1.807) is 18.3 Å². The molecule has 0 unspecified atom stereocenters. The van der Waals surface area contributed by atoms with Crippen molar-refractivity contribution in [1.29, 1.82) is 0 Å². The summed E-state index contributed by atoms with van der Waals surface area (Å²) in [5, 5.41) is 10.8. The second-order valence-electron chi connectivity index (χ2n) is 2.63. The Bertz CT molecular complexity index is 411. The van der Waals surface area contributed by atoms with Crippen molar-refractivity contribution in [3.63, 3.8) is 0 Å². The van der Waals surface area contributed by atoms with Crippen LogP contribution in [0.2, 0.25) is 0 Å². The Hall–Kier alpha value is -2.11. The average molecular weight is 189 g/mol. The number of carbonyl (C=O) groups is 1. The quantitative estimate of drug-likeness (QED) is 0.633. The van der Waals surface area contributed by atoms with Gasteiger partial charge in [0.05, 0.1) is 0 Å². The fourth-order valence-electron chi connectivity index (χ4n) is 1.01. The summed E-state index contributed by atoms with van der Waals surface area (Å²) >= 11 is 0. The summed E-state index contributed by atoms with van der Waals surface area (Å²) in [6, 6.07) is 3.41. The lowest BCUT2D eigenvalue weighted by atomic mass is 10.2. The standard InChI is InChI=1S/C8H7N5O/c14-8(5-13-11-6-10-12-13)7-2-1-3-9-4-7/h1-4,6H,5H2. The number of aromatic nitrogens is 5. The maximum atomic E-state index is 11.5. The van der Waals surface area contributed by atoms with Crippen molar-refractivity contribution >= 4 is 5.78 Å². The zero-order valence-corrected chi connectivity index (χ0v) is 7.24. The first-order valence-electron chi connectivity index (χ1n) is 4.00. The number of tetrazole rings is 1. The minimum Gasteiger partial charge on any atom is -0.292 e. The number of nitrogens with zero attached hydrogens (tertiary/aromatic N) is 5. The van der Waals surface area contributed by atoms with Crippen LogP contribution in [0.15, 0.2) is 30.9 Å². The van der Waals surface area contributed by atoms with Gasteiger partial charge in [-0.15, -0.1) is 10.2 Å². The van der Waals surface area contributed by atoms with E-state index in [1.165, 1.54) is 17.3 Å². The van der Waals surface area contributed by atoms with E-state index in [0.29, 0.717) is 5.56 Å². The van der Waals surface area contributed by atoms with Gasteiger partial charge in [-0.1, -0.05) is 0 Å². The molecule has 0 N–H and O–H groups in total. The van der Waals surface area contributed by atoms with Crippen molar-refractivity contribution in [2.45, 2.75) is 6.54 Å². The summed E-state index contributed by atoms with van der Waals surface area (Å²) in [6.07, 6.45) is 4.42. The number of hydrogen-bond acceptors (Lipinski definition) is 5. The number of carbonyl (C=O) groups excluding carboxylic acids is 1. The predicted molar refractivity (Wildman–Crippen MR) is 46.4 cm³/mol. The Labute approximate surface area is 79.6 Å². The van der Waals surface area contributed by atoms with E-state index in [1.807, 2.05) is 0 Å². The summed E-state index contributed by atoms with van der Waals surface area (Å²) < 4.78 is 0. The van der Waals surface area contributed by atoms with Crippen LogP contribution in [0.3, 0.4) is 0 Å². The minimum absolute atomic E-state index is 0.0869. The van der Waals surface area contributed by atoms with Gasteiger partial charge in [0.25, 0.3) is 0 Å². The minimum atomic E-state index is -0.0869. The SMILES string of the molecule is O=C(Cn1ncnn1)c1cccnc1. The maximum Gasteiger partial charge on any atom is 0.187 e. The Morgan fingerprint density at radius 1 is 1.50 bits per heavy atom. The molecule has 0 aliphatic carbocycles. The third-order valence-corrected chi connectivity index (χ3v) is 1.66. The van der Waals surface area contributed by atoms with Crippen molar-refractivity contribution in [2.75, 3.05) is 0 Å². The average Bonchev–Trinajstić information content (AvgIpc) is 2.72. The lowest BCUT2D eigenvalue weighted by Gasteiger charge is -1.97. The van der Waals surface area contributed by atoms with E-state index >= 15 is 0 Å². The zero-order valence-electron chi connectivity index (χ0n) is 7.24. The first-order valence-corrected chi connectivity index (χ1v) is 4.00. The van der Waals surface area contributed by atoms with E-state index in [2.05, 4.69) is 20.4 Å². The monoisotopic (exact) mass is 189 g/mol. The molecule has 2 aromatic heterocycles. The molecule has 0 saturated carbocycles. The van der Waals surface area contributed by atoms with E-state index in [-0.39, 0.29) is 12.3 Å². The van der Waals surface area contributed by atoms with Gasteiger partial charge in [0, 0.05) is 18.0 Å². The molecule has 6 heteroatoms. The summed E-state index contributed by atoms with van der Waals surface area (Å²) in [4.78, 5) is 16.6. The Balaban J connectivity index is 2.11. The molecule has 0 aromatic carbocycles. The van der Waals surface area contributed by atoms with Crippen LogP contribution in [0.5, 0.6) is 0 Å². The second-order valence-corrected chi connectivity index (χ2v) is 2.63. The van der Waals surface area contributed by atoms with Crippen LogP contribution in [0.1, 0.15) is 10.4 Å². The van der Waals surface area contributed by atoms with Crippen LogP contribution in [0, 0.1) is 0 Å². The molecule has 0 saturated heterocycles. The van der Waals surface area contributed by atoms with Gasteiger partial charge in [0.1, 0.15) is 6.54 Å². The van der Waals surface area contributed by atoms with Crippen LogP contribution >= 0.6 is 0 Å². The fourth-order valence-corrected chi connectivity index (χ4v) is 1.01. The molecule has 0 fully saturated rings. The van der Waals surface area contributed by atoms with Crippen LogP contribution < -0.4 is 0 Å². The van der Waals surface area contributed by atoms with Crippen molar-refractivity contribution in [1.82, 2.24) is 25.2 Å². The van der Waals surface area contributed by atoms with E-state index in [0.717, 1.165) is 0 Å². The van der Waals surface area contributed by atoms with E-state index < -0.39 is 0 Å². The Morgan fingerprint density at radius 3 is 3.07 bits per heavy atom. The number of ketones is 1. The highest BCUT2D eigenvalue weighted by Crippen LogP contribution is 1.98. The molecule has 2 heterocycles. The molecular formula is C8H7N5O. The van der Waals surface area contributed by atoms with Crippen LogP contribution in [0.25, 0.3) is 0 Å². The normalized spacial score (nSPS) is 10.0. The molecule has 70 valence electrons. The predicted octanol–water partition coefficient (Wildman–Crippen LogP) is -0.0490. The number of Topliss-reactive ketones (excluding diaryl/α,β-unsaturated/α-hetero) is 1. The molecule has 2 aromatic rings. The zero-order chi connectivity index (χ0) is 9.80. The summed E-state index contributed by atoms with van der Waals surface area (Å²) in [5.74, 6) is -0.0869. The van der Waals surface area contributed by atoms with Crippen molar-refractivity contribution < 1.29 is 4.79 Å². The van der Waals surface area contributed by atoms with Gasteiger partial charge in [-0.05, 0) is 17.3 Å². The Kier molecular flexibility index (Phi) is 2.26. The first kappa shape index (κ1) is 8.49. The molecule has 0 amide bonds. The van der Waals surface area contributed by atoms with Crippen LogP contribution in [-0.2, 0) is 6.54 Å². The van der Waals surface area contributed by atoms with Crippen LogP contribution in [-0.4, -0.2) is 31.0 Å². The van der Waals surface area contributed by atoms with Crippen LogP contribution in [0.4, 0.5) is 0 Å². The first-order chi connectivity index (χ1) is 6.86. The second kappa shape index (κ2) is 3.73. The lowest BCUT2D eigenvalue weighted by Crippen LogP contribution is -2.13. The summed E-state index contributed by atoms with van der Waals surface area (Å²) in [6.45, 7) is 0.0890. The van der Waals surface area contributed by atoms with Gasteiger partial charge in [-0.25, -0.2) is 0 Å². The smallest absolute Gasteiger partial charge is 0.187 e. The molecule has 2 rings (SSSR count). The van der Waals surface area contributed by atoms with Gasteiger partial charge in [0.2, 0.25) is 0 Å². The molecule has 0 aliphatic rings. The highest BCUT2D eigenvalue weighted by atomic mass is 16.1. The number of rotatable bonds is 3. The molecule has 0 atom stereocenters. The fraction of sp³-hybridized carbons (Fsp3) is 0.125. The van der Waals surface area contributed by atoms with Crippen molar-refractivity contribution in [3.05, 3.63) is 36.4 Å². The largest absolute Gasteiger partial charge is 0.292 e. The molecule has 0 aliphatic heterocycles.